The van der Waals surface area contributed by atoms with Gasteiger partial charge in [0.25, 0.3) is 11.8 Å². The minimum atomic E-state index is -0.583. The lowest BCUT2D eigenvalue weighted by atomic mass is 9.92. The molecule has 162 valence electrons. The molecule has 0 aliphatic heterocycles. The lowest BCUT2D eigenvalue weighted by Gasteiger charge is -2.28. The molecule has 0 radical (unpaired) electrons. The van der Waals surface area contributed by atoms with Gasteiger partial charge in [0.1, 0.15) is 11.5 Å². The zero-order valence-corrected chi connectivity index (χ0v) is 17.3. The minimum absolute atomic E-state index is 0.237. The number of benzene rings is 1. The Labute approximate surface area is 179 Å². The maximum Gasteiger partial charge on any atom is 0.269 e. The van der Waals surface area contributed by atoms with Crippen LogP contribution in [0.5, 0.6) is 0 Å². The van der Waals surface area contributed by atoms with Gasteiger partial charge >= 0.3 is 0 Å². The second-order valence-electron chi connectivity index (χ2n) is 7.87. The molecule has 1 aliphatic rings. The van der Waals surface area contributed by atoms with Crippen molar-refractivity contribution < 1.29 is 19.1 Å². The molecule has 0 spiro atoms. The summed E-state index contributed by atoms with van der Waals surface area (Å²) in [6, 6.07) is 7.77. The maximum atomic E-state index is 14.7. The molecule has 0 bridgehead atoms. The average Bonchev–Trinajstić information content (AvgIpc) is 3.15. The largest absolute Gasteiger partial charge is 0.391 e. The van der Waals surface area contributed by atoms with Crippen LogP contribution in [0.15, 0.2) is 42.7 Å². The van der Waals surface area contributed by atoms with Crippen LogP contribution >= 0.6 is 0 Å². The summed E-state index contributed by atoms with van der Waals surface area (Å²) < 4.78 is 16.5. The number of aliphatic hydroxyl groups excluding tert-OH is 1. The maximum absolute atomic E-state index is 14.7. The highest BCUT2D eigenvalue weighted by molar-refractivity contribution is 6.07. The number of nitrogens with zero attached hydrogens (tertiary/aromatic N) is 2. The normalized spacial score (nSPS) is 18.7. The van der Waals surface area contributed by atoms with Gasteiger partial charge in [-0.1, -0.05) is 25.0 Å². The Bertz CT molecular complexity index is 1110. The molecule has 7 nitrogen and oxygen atoms in total. The van der Waals surface area contributed by atoms with Crippen LogP contribution in [0.3, 0.4) is 0 Å². The number of pyridine rings is 1. The molecule has 2 amide bonds. The number of aliphatic hydroxyl groups is 1. The molecule has 3 N–H and O–H groups in total. The van der Waals surface area contributed by atoms with Crippen molar-refractivity contribution in [2.45, 2.75) is 44.4 Å². The molecule has 0 unspecified atom stereocenters. The summed E-state index contributed by atoms with van der Waals surface area (Å²) in [4.78, 5) is 28.8. The number of rotatable bonds is 5. The second kappa shape index (κ2) is 8.85. The zero-order valence-electron chi connectivity index (χ0n) is 17.3. The van der Waals surface area contributed by atoms with Gasteiger partial charge in [-0.3, -0.25) is 14.6 Å². The Kier molecular flexibility index (Phi) is 5.99. The van der Waals surface area contributed by atoms with Crippen LogP contribution in [-0.4, -0.2) is 45.7 Å². The van der Waals surface area contributed by atoms with Crippen LogP contribution in [0, 0.1) is 5.82 Å². The topological polar surface area (TPSA) is 96.2 Å². The van der Waals surface area contributed by atoms with Crippen molar-refractivity contribution in [1.82, 2.24) is 20.2 Å². The number of carbonyl (C=O) groups excluding carboxylic acids is 2. The Morgan fingerprint density at radius 1 is 1.19 bits per heavy atom. The molecule has 1 fully saturated rings. The summed E-state index contributed by atoms with van der Waals surface area (Å²) in [5, 5.41) is 15.8. The smallest absolute Gasteiger partial charge is 0.269 e. The Hall–Kier alpha value is -3.26. The van der Waals surface area contributed by atoms with Crippen molar-refractivity contribution in [3.63, 3.8) is 0 Å². The molecule has 31 heavy (non-hydrogen) atoms. The highest BCUT2D eigenvalue weighted by Crippen LogP contribution is 2.26. The van der Waals surface area contributed by atoms with Crippen molar-refractivity contribution in [1.29, 1.82) is 0 Å². The van der Waals surface area contributed by atoms with Crippen LogP contribution < -0.4 is 10.6 Å². The Morgan fingerprint density at radius 2 is 2.00 bits per heavy atom. The van der Waals surface area contributed by atoms with E-state index in [1.807, 2.05) is 0 Å². The molecule has 2 heterocycles. The van der Waals surface area contributed by atoms with E-state index >= 15 is 0 Å². The summed E-state index contributed by atoms with van der Waals surface area (Å²) in [6.07, 6.45) is 5.88. The zero-order chi connectivity index (χ0) is 22.0. The van der Waals surface area contributed by atoms with E-state index in [9.17, 15) is 19.1 Å². The number of halogens is 1. The third kappa shape index (κ3) is 4.29. The predicted octanol–water partition coefficient (Wildman–Crippen LogP) is 2.62. The third-order valence-electron chi connectivity index (χ3n) is 5.78. The molecular weight excluding hydrogens is 399 g/mol. The van der Waals surface area contributed by atoms with Gasteiger partial charge < -0.3 is 20.3 Å². The fraction of sp³-hybridized carbons (Fsp3) is 0.348. The minimum Gasteiger partial charge on any atom is -0.391 e. The lowest BCUT2D eigenvalue weighted by Crippen LogP contribution is -2.45. The van der Waals surface area contributed by atoms with Crippen LogP contribution in [0.25, 0.3) is 10.9 Å². The van der Waals surface area contributed by atoms with Gasteiger partial charge in [0.05, 0.1) is 23.2 Å². The van der Waals surface area contributed by atoms with Crippen molar-refractivity contribution in [3.8, 4) is 0 Å². The van der Waals surface area contributed by atoms with Gasteiger partial charge in [-0.05, 0) is 36.6 Å². The van der Waals surface area contributed by atoms with E-state index in [-0.39, 0.29) is 22.9 Å². The van der Waals surface area contributed by atoms with E-state index in [2.05, 4.69) is 15.6 Å². The van der Waals surface area contributed by atoms with Gasteiger partial charge in [-0.15, -0.1) is 0 Å². The standard InChI is InChI=1S/C23H25FN4O3/c1-25-23(31)18-10-9-14(11-26-18)12-28-13-15(21-16(24)5-4-7-19(21)28)22(30)27-17-6-2-3-8-20(17)29/h4-5,7,9-11,13,17,20,29H,2-3,6,8,12H2,1H3,(H,25,31)(H,27,30)/t17-,20-/m0/s1. The molecule has 8 heteroatoms. The number of nitrogens with one attached hydrogen (secondary N) is 2. The lowest BCUT2D eigenvalue weighted by molar-refractivity contribution is 0.0718. The summed E-state index contributed by atoms with van der Waals surface area (Å²) in [7, 11) is 1.54. The molecule has 1 saturated carbocycles. The summed E-state index contributed by atoms with van der Waals surface area (Å²) in [6.45, 7) is 0.361. The highest BCUT2D eigenvalue weighted by atomic mass is 19.1. The predicted molar refractivity (Wildman–Crippen MR) is 114 cm³/mol. The van der Waals surface area contributed by atoms with Crippen LogP contribution in [0.1, 0.15) is 52.1 Å². The second-order valence-corrected chi connectivity index (χ2v) is 7.87. The van der Waals surface area contributed by atoms with Gasteiger partial charge in [0.15, 0.2) is 0 Å². The Balaban J connectivity index is 1.63. The van der Waals surface area contributed by atoms with Crippen molar-refractivity contribution in [2.75, 3.05) is 7.05 Å². The summed E-state index contributed by atoms with van der Waals surface area (Å²) in [5.74, 6) is -1.14. The SMILES string of the molecule is CNC(=O)c1ccc(Cn2cc(C(=O)N[C@H]3CCCC[C@@H]3O)c3c(F)cccc32)cn1. The number of aromatic nitrogens is 2. The number of amides is 2. The summed E-state index contributed by atoms with van der Waals surface area (Å²) in [5.41, 5.74) is 1.94. The molecule has 3 aromatic rings. The van der Waals surface area contributed by atoms with E-state index in [4.69, 9.17) is 0 Å². The fourth-order valence-electron chi connectivity index (χ4n) is 4.11. The van der Waals surface area contributed by atoms with Crippen molar-refractivity contribution >= 4 is 22.7 Å². The first-order valence-electron chi connectivity index (χ1n) is 10.4. The number of hydrogen-bond donors (Lipinski definition) is 3. The number of carbonyl (C=O) groups is 2. The van der Waals surface area contributed by atoms with E-state index in [0.717, 1.165) is 18.4 Å². The molecule has 4 rings (SSSR count). The Morgan fingerprint density at radius 3 is 2.71 bits per heavy atom. The number of hydrogen-bond acceptors (Lipinski definition) is 4. The van der Waals surface area contributed by atoms with Gasteiger partial charge in [-0.2, -0.15) is 0 Å². The van der Waals surface area contributed by atoms with Crippen LogP contribution in [-0.2, 0) is 6.54 Å². The molecule has 2 atom stereocenters. The van der Waals surface area contributed by atoms with E-state index in [1.165, 1.54) is 13.1 Å². The molecule has 1 aromatic carbocycles. The first-order chi connectivity index (χ1) is 15.0. The van der Waals surface area contributed by atoms with Crippen molar-refractivity contribution in [3.05, 3.63) is 65.4 Å². The quantitative estimate of drug-likeness (QED) is 0.587. The third-order valence-corrected chi connectivity index (χ3v) is 5.78. The van der Waals surface area contributed by atoms with E-state index in [1.54, 1.807) is 41.2 Å². The average molecular weight is 424 g/mol. The summed E-state index contributed by atoms with van der Waals surface area (Å²) >= 11 is 0. The molecule has 1 aliphatic carbocycles. The first kappa shape index (κ1) is 21.0. The number of fused-ring (bicyclic) bond motifs is 1. The van der Waals surface area contributed by atoms with E-state index < -0.39 is 17.8 Å². The highest BCUT2D eigenvalue weighted by Gasteiger charge is 2.27. The van der Waals surface area contributed by atoms with Crippen molar-refractivity contribution in [2.24, 2.45) is 0 Å². The van der Waals surface area contributed by atoms with E-state index in [0.29, 0.717) is 30.6 Å². The van der Waals surface area contributed by atoms with Crippen LogP contribution in [0.4, 0.5) is 4.39 Å². The van der Waals surface area contributed by atoms with Gasteiger partial charge in [0, 0.05) is 31.4 Å². The molecule has 0 saturated heterocycles. The van der Waals surface area contributed by atoms with Gasteiger partial charge in [0.2, 0.25) is 0 Å². The monoisotopic (exact) mass is 424 g/mol. The molecule has 2 aromatic heterocycles. The first-order valence-corrected chi connectivity index (χ1v) is 10.4. The van der Waals surface area contributed by atoms with Gasteiger partial charge in [-0.25, -0.2) is 4.39 Å². The van der Waals surface area contributed by atoms with Crippen LogP contribution in [0.2, 0.25) is 0 Å². The fourth-order valence-corrected chi connectivity index (χ4v) is 4.11. The molecular formula is C23H25FN4O3.